The van der Waals surface area contributed by atoms with E-state index in [0.717, 1.165) is 0 Å². The predicted molar refractivity (Wildman–Crippen MR) is 71.5 cm³/mol. The highest BCUT2D eigenvalue weighted by Crippen LogP contribution is 2.19. The molecule has 2 amide bonds. The van der Waals surface area contributed by atoms with Crippen LogP contribution in [-0.2, 0) is 4.79 Å². The van der Waals surface area contributed by atoms with E-state index in [4.69, 9.17) is 0 Å². The maximum absolute atomic E-state index is 11.7. The Labute approximate surface area is 109 Å². The second-order valence-corrected chi connectivity index (χ2v) is 6.07. The van der Waals surface area contributed by atoms with E-state index in [1.807, 2.05) is 0 Å². The van der Waals surface area contributed by atoms with Gasteiger partial charge in [-0.3, -0.25) is 9.59 Å². The lowest BCUT2D eigenvalue weighted by Gasteiger charge is -2.15. The van der Waals surface area contributed by atoms with Crippen molar-refractivity contribution in [2.24, 2.45) is 0 Å². The molecule has 5 heteroatoms. The highest BCUT2D eigenvalue weighted by Gasteiger charge is 2.23. The molecule has 17 heavy (non-hydrogen) atoms. The first-order valence-electron chi connectivity index (χ1n) is 5.17. The van der Waals surface area contributed by atoms with E-state index in [1.54, 1.807) is 45.2 Å². The zero-order chi connectivity index (χ0) is 13.1. The summed E-state index contributed by atoms with van der Waals surface area (Å²) in [5.74, 6) is -0.283. The molecule has 0 heterocycles. The van der Waals surface area contributed by atoms with Gasteiger partial charge in [0.1, 0.15) is 0 Å². The van der Waals surface area contributed by atoms with E-state index < -0.39 is 4.32 Å². The summed E-state index contributed by atoms with van der Waals surface area (Å²) in [7, 11) is 1.57. The van der Waals surface area contributed by atoms with Crippen LogP contribution in [0.15, 0.2) is 24.3 Å². The molecule has 0 spiro atoms. The quantitative estimate of drug-likeness (QED) is 0.840. The summed E-state index contributed by atoms with van der Waals surface area (Å²) >= 11 is 3.27. The zero-order valence-electron chi connectivity index (χ0n) is 10.0. The lowest BCUT2D eigenvalue weighted by atomic mass is 10.1. The van der Waals surface area contributed by atoms with Gasteiger partial charge in [0.05, 0.1) is 4.32 Å². The second-order valence-electron chi connectivity index (χ2n) is 4.08. The van der Waals surface area contributed by atoms with Gasteiger partial charge >= 0.3 is 0 Å². The summed E-state index contributed by atoms with van der Waals surface area (Å²) < 4.78 is -0.619. The van der Waals surface area contributed by atoms with Crippen LogP contribution in [0.3, 0.4) is 0 Å². The minimum absolute atomic E-state index is 0.134. The van der Waals surface area contributed by atoms with Crippen LogP contribution in [0.4, 0.5) is 5.69 Å². The lowest BCUT2D eigenvalue weighted by Crippen LogP contribution is -2.30. The minimum Gasteiger partial charge on any atom is -0.355 e. The van der Waals surface area contributed by atoms with Gasteiger partial charge in [-0.1, -0.05) is 15.9 Å². The molecule has 0 saturated heterocycles. The number of nitrogens with one attached hydrogen (secondary N) is 2. The summed E-state index contributed by atoms with van der Waals surface area (Å²) in [6.07, 6.45) is 0. The third-order valence-electron chi connectivity index (χ3n) is 2.17. The molecule has 0 aromatic heterocycles. The van der Waals surface area contributed by atoms with E-state index in [2.05, 4.69) is 26.6 Å². The molecule has 2 N–H and O–H groups in total. The first-order chi connectivity index (χ1) is 7.84. The topological polar surface area (TPSA) is 58.2 Å². The summed E-state index contributed by atoms with van der Waals surface area (Å²) in [6, 6.07) is 6.72. The molecule has 1 aromatic rings. The van der Waals surface area contributed by atoms with Gasteiger partial charge in [-0.2, -0.15) is 0 Å². The molecule has 0 fully saturated rings. The molecule has 1 aromatic carbocycles. The normalized spacial score (nSPS) is 10.8. The maximum Gasteiger partial charge on any atom is 0.251 e. The van der Waals surface area contributed by atoms with E-state index >= 15 is 0 Å². The maximum atomic E-state index is 11.7. The molecule has 0 radical (unpaired) electrons. The average molecular weight is 299 g/mol. The Morgan fingerprint density at radius 2 is 1.71 bits per heavy atom. The number of hydrogen-bond donors (Lipinski definition) is 2. The SMILES string of the molecule is CNC(=O)c1ccc(NC(=O)C(C)(C)Br)cc1. The minimum atomic E-state index is -0.619. The number of amides is 2. The molecular formula is C12H15BrN2O2. The fraction of sp³-hybridized carbons (Fsp3) is 0.333. The van der Waals surface area contributed by atoms with E-state index in [9.17, 15) is 9.59 Å². The summed E-state index contributed by atoms with van der Waals surface area (Å²) in [6.45, 7) is 3.53. The van der Waals surface area contributed by atoms with Gasteiger partial charge in [0.2, 0.25) is 5.91 Å². The van der Waals surface area contributed by atoms with Gasteiger partial charge in [0.15, 0.2) is 0 Å². The molecule has 92 valence electrons. The Bertz CT molecular complexity index is 421. The number of benzene rings is 1. The highest BCUT2D eigenvalue weighted by molar-refractivity contribution is 9.10. The Hall–Kier alpha value is -1.36. The number of carbonyl (C=O) groups is 2. The fourth-order valence-corrected chi connectivity index (χ4v) is 1.23. The molecule has 0 aliphatic carbocycles. The van der Waals surface area contributed by atoms with Gasteiger partial charge in [-0.15, -0.1) is 0 Å². The smallest absolute Gasteiger partial charge is 0.251 e. The molecule has 1 rings (SSSR count). The Morgan fingerprint density at radius 1 is 1.18 bits per heavy atom. The first-order valence-corrected chi connectivity index (χ1v) is 5.96. The monoisotopic (exact) mass is 298 g/mol. The van der Waals surface area contributed by atoms with Crippen molar-refractivity contribution in [2.75, 3.05) is 12.4 Å². The van der Waals surface area contributed by atoms with Gasteiger partial charge in [0, 0.05) is 18.3 Å². The molecule has 0 saturated carbocycles. The van der Waals surface area contributed by atoms with Crippen molar-refractivity contribution in [3.63, 3.8) is 0 Å². The number of carbonyl (C=O) groups excluding carboxylic acids is 2. The molecular weight excluding hydrogens is 284 g/mol. The molecule has 0 aliphatic heterocycles. The van der Waals surface area contributed by atoms with Gasteiger partial charge in [-0.25, -0.2) is 0 Å². The van der Waals surface area contributed by atoms with Crippen LogP contribution < -0.4 is 10.6 Å². The standard InChI is InChI=1S/C12H15BrN2O2/c1-12(2,13)11(17)15-9-6-4-8(5-7-9)10(16)14-3/h4-7H,1-3H3,(H,14,16)(H,15,17). The largest absolute Gasteiger partial charge is 0.355 e. The van der Waals surface area contributed by atoms with Crippen molar-refractivity contribution in [3.8, 4) is 0 Å². The highest BCUT2D eigenvalue weighted by atomic mass is 79.9. The Morgan fingerprint density at radius 3 is 2.12 bits per heavy atom. The van der Waals surface area contributed by atoms with E-state index in [0.29, 0.717) is 11.3 Å². The third kappa shape index (κ3) is 3.85. The van der Waals surface area contributed by atoms with Gasteiger partial charge in [0.25, 0.3) is 5.91 Å². The van der Waals surface area contributed by atoms with Gasteiger partial charge in [-0.05, 0) is 38.1 Å². The van der Waals surface area contributed by atoms with E-state index in [1.165, 1.54) is 0 Å². The third-order valence-corrected chi connectivity index (χ3v) is 2.53. The van der Waals surface area contributed by atoms with Crippen LogP contribution >= 0.6 is 15.9 Å². The lowest BCUT2D eigenvalue weighted by molar-refractivity contribution is -0.117. The van der Waals surface area contributed by atoms with Crippen molar-refractivity contribution in [2.45, 2.75) is 18.2 Å². The number of anilines is 1. The first kappa shape index (κ1) is 13.7. The fourth-order valence-electron chi connectivity index (χ4n) is 1.13. The molecule has 4 nitrogen and oxygen atoms in total. The van der Waals surface area contributed by atoms with Crippen molar-refractivity contribution in [1.82, 2.24) is 5.32 Å². The van der Waals surface area contributed by atoms with E-state index in [-0.39, 0.29) is 11.8 Å². The number of alkyl halides is 1. The van der Waals surface area contributed by atoms with Crippen LogP contribution in [0, 0.1) is 0 Å². The number of rotatable bonds is 3. The van der Waals surface area contributed by atoms with Crippen LogP contribution in [-0.4, -0.2) is 23.2 Å². The molecule has 0 aliphatic rings. The van der Waals surface area contributed by atoms with Crippen molar-refractivity contribution < 1.29 is 9.59 Å². The number of hydrogen-bond acceptors (Lipinski definition) is 2. The average Bonchev–Trinajstić information content (AvgIpc) is 2.27. The second kappa shape index (κ2) is 5.31. The summed E-state index contributed by atoms with van der Waals surface area (Å²) in [5.41, 5.74) is 1.22. The van der Waals surface area contributed by atoms with Crippen molar-refractivity contribution in [3.05, 3.63) is 29.8 Å². The zero-order valence-corrected chi connectivity index (χ0v) is 11.6. The van der Waals surface area contributed by atoms with Crippen molar-refractivity contribution in [1.29, 1.82) is 0 Å². The van der Waals surface area contributed by atoms with Crippen LogP contribution in [0.25, 0.3) is 0 Å². The molecule has 0 unspecified atom stereocenters. The van der Waals surface area contributed by atoms with Gasteiger partial charge < -0.3 is 10.6 Å². The van der Waals surface area contributed by atoms with Crippen molar-refractivity contribution >= 4 is 33.4 Å². The summed E-state index contributed by atoms with van der Waals surface area (Å²) in [5, 5.41) is 5.28. The molecule has 0 bridgehead atoms. The van der Waals surface area contributed by atoms with Crippen LogP contribution in [0.1, 0.15) is 24.2 Å². The Kier molecular flexibility index (Phi) is 4.28. The predicted octanol–water partition coefficient (Wildman–Crippen LogP) is 2.16. The van der Waals surface area contributed by atoms with Crippen LogP contribution in [0.5, 0.6) is 0 Å². The number of halogens is 1. The Balaban J connectivity index is 2.76. The summed E-state index contributed by atoms with van der Waals surface area (Å²) in [4.78, 5) is 23.0. The molecule has 0 atom stereocenters. The van der Waals surface area contributed by atoms with Crippen LogP contribution in [0.2, 0.25) is 0 Å².